The number of carbonyl (C=O) groups is 7. The van der Waals surface area contributed by atoms with E-state index in [1.54, 1.807) is 41.5 Å². The zero-order valence-corrected chi connectivity index (χ0v) is 28.8. The lowest BCUT2D eigenvalue weighted by molar-refractivity contribution is -0.143. The lowest BCUT2D eigenvalue weighted by Gasteiger charge is -2.27. The first kappa shape index (κ1) is 42.4. The molecule has 0 unspecified atom stereocenters. The topological polar surface area (TPSA) is 295 Å². The van der Waals surface area contributed by atoms with E-state index in [0.29, 0.717) is 5.69 Å². The monoisotopic (exact) mass is 696 g/mol. The summed E-state index contributed by atoms with van der Waals surface area (Å²) in [5, 5.41) is 40.9. The third kappa shape index (κ3) is 15.9. The summed E-state index contributed by atoms with van der Waals surface area (Å²) >= 11 is 0. The van der Waals surface area contributed by atoms with E-state index in [1.807, 2.05) is 0 Å². The number of aliphatic carboxylic acids is 2. The molecule has 18 heteroatoms. The van der Waals surface area contributed by atoms with Crippen LogP contribution in [0, 0.1) is 17.8 Å². The van der Waals surface area contributed by atoms with Gasteiger partial charge in [0.1, 0.15) is 30.2 Å². The first-order chi connectivity index (χ1) is 22.8. The van der Waals surface area contributed by atoms with Crippen molar-refractivity contribution in [3.8, 4) is 0 Å². The van der Waals surface area contributed by atoms with Crippen molar-refractivity contribution in [2.75, 3.05) is 6.61 Å². The summed E-state index contributed by atoms with van der Waals surface area (Å²) in [7, 11) is 0. The third-order valence-corrected chi connectivity index (χ3v) is 7.16. The Morgan fingerprint density at radius 2 is 1.08 bits per heavy atom. The van der Waals surface area contributed by atoms with E-state index in [0.717, 1.165) is 0 Å². The van der Waals surface area contributed by atoms with Gasteiger partial charge in [-0.15, -0.1) is 0 Å². The number of hydrogen-bond acceptors (Lipinski definition) is 10. The van der Waals surface area contributed by atoms with Gasteiger partial charge in [-0.2, -0.15) is 0 Å². The van der Waals surface area contributed by atoms with Crippen LogP contribution in [0.25, 0.3) is 0 Å². The first-order valence-corrected chi connectivity index (χ1v) is 16.1. The smallest absolute Gasteiger partial charge is 0.326 e. The van der Waals surface area contributed by atoms with E-state index in [4.69, 9.17) is 10.8 Å². The van der Waals surface area contributed by atoms with Gasteiger partial charge in [-0.05, 0) is 37.0 Å². The summed E-state index contributed by atoms with van der Waals surface area (Å²) in [6.07, 6.45) is 2.37. The fourth-order valence-corrected chi connectivity index (χ4v) is 4.77. The van der Waals surface area contributed by atoms with Crippen LogP contribution in [0.1, 0.15) is 72.9 Å². The zero-order valence-electron chi connectivity index (χ0n) is 28.8. The molecule has 0 saturated heterocycles. The van der Waals surface area contributed by atoms with E-state index in [-0.39, 0.29) is 43.4 Å². The number of carbonyl (C=O) groups excluding carboxylic acids is 5. The van der Waals surface area contributed by atoms with Gasteiger partial charge in [0.2, 0.25) is 29.5 Å². The Kier molecular flexibility index (Phi) is 17.9. The van der Waals surface area contributed by atoms with Gasteiger partial charge >= 0.3 is 11.9 Å². The van der Waals surface area contributed by atoms with Crippen LogP contribution in [0.3, 0.4) is 0 Å². The molecule has 1 aromatic heterocycles. The number of nitrogens with zero attached hydrogens (tertiary/aromatic N) is 1. The van der Waals surface area contributed by atoms with Gasteiger partial charge in [-0.3, -0.25) is 28.8 Å². The number of imidazole rings is 1. The van der Waals surface area contributed by atoms with Crippen molar-refractivity contribution < 1.29 is 48.9 Å². The summed E-state index contributed by atoms with van der Waals surface area (Å²) in [4.78, 5) is 95.3. The average Bonchev–Trinajstić information content (AvgIpc) is 3.50. The molecule has 0 fully saturated rings. The fourth-order valence-electron chi connectivity index (χ4n) is 4.77. The van der Waals surface area contributed by atoms with Crippen molar-refractivity contribution in [2.45, 2.75) is 110 Å². The second-order valence-electron chi connectivity index (χ2n) is 13.2. The maximum atomic E-state index is 13.6. The molecule has 1 aromatic rings. The summed E-state index contributed by atoms with van der Waals surface area (Å²) < 4.78 is 0. The highest BCUT2D eigenvalue weighted by Gasteiger charge is 2.33. The molecule has 0 aliphatic heterocycles. The van der Waals surface area contributed by atoms with E-state index in [9.17, 15) is 43.8 Å². The summed E-state index contributed by atoms with van der Waals surface area (Å²) in [6.45, 7) is 9.80. The zero-order chi connectivity index (χ0) is 37.4. The molecule has 49 heavy (non-hydrogen) atoms. The molecule has 1 heterocycles. The molecule has 0 bridgehead atoms. The minimum absolute atomic E-state index is 0.0564. The molecule has 18 nitrogen and oxygen atoms in total. The van der Waals surface area contributed by atoms with Crippen LogP contribution >= 0.6 is 0 Å². The Bertz CT molecular complexity index is 1270. The number of aliphatic hydroxyl groups is 1. The number of nitrogens with two attached hydrogens (primary N) is 1. The largest absolute Gasteiger partial charge is 0.481 e. The number of aromatic amines is 1. The third-order valence-electron chi connectivity index (χ3n) is 7.16. The molecule has 5 amide bonds. The number of aliphatic hydroxyl groups excluding tert-OH is 1. The number of nitrogens with one attached hydrogen (secondary N) is 6. The number of hydrogen-bond donors (Lipinski definition) is 10. The van der Waals surface area contributed by atoms with E-state index < -0.39 is 90.8 Å². The van der Waals surface area contributed by atoms with Crippen LogP contribution in [-0.4, -0.2) is 110 Å². The van der Waals surface area contributed by atoms with Gasteiger partial charge in [-0.1, -0.05) is 41.5 Å². The van der Waals surface area contributed by atoms with Crippen LogP contribution in [0.5, 0.6) is 0 Å². The Morgan fingerprint density at radius 3 is 1.51 bits per heavy atom. The first-order valence-electron chi connectivity index (χ1n) is 16.1. The van der Waals surface area contributed by atoms with Gasteiger partial charge < -0.3 is 52.6 Å². The van der Waals surface area contributed by atoms with Crippen molar-refractivity contribution in [1.29, 1.82) is 0 Å². The normalized spacial score (nSPS) is 15.0. The van der Waals surface area contributed by atoms with E-state index >= 15 is 0 Å². The van der Waals surface area contributed by atoms with Gasteiger partial charge in [-0.25, -0.2) is 9.78 Å². The quantitative estimate of drug-likeness (QED) is 0.0655. The lowest BCUT2D eigenvalue weighted by Crippen LogP contribution is -2.60. The Balaban J connectivity index is 3.17. The highest BCUT2D eigenvalue weighted by atomic mass is 16.4. The SMILES string of the molecule is CC(C)C[C@H](NC(=O)[C@H](Cc1cnc[nH]1)NC(=O)[C@H](CC(C)C)NC(=O)[C@H](CO)NC(=O)[C@H](CC(C)C)NC(=O)[C@@H](N)CC(=O)O)C(=O)O. The molecular weight excluding hydrogens is 644 g/mol. The van der Waals surface area contributed by atoms with E-state index in [2.05, 4.69) is 36.6 Å². The predicted molar refractivity (Wildman–Crippen MR) is 175 cm³/mol. The van der Waals surface area contributed by atoms with Crippen molar-refractivity contribution in [2.24, 2.45) is 23.5 Å². The number of rotatable bonds is 22. The van der Waals surface area contributed by atoms with Crippen LogP contribution in [0.4, 0.5) is 0 Å². The number of amides is 5. The van der Waals surface area contributed by atoms with Crippen molar-refractivity contribution in [3.05, 3.63) is 18.2 Å². The maximum Gasteiger partial charge on any atom is 0.326 e. The number of carboxylic acids is 2. The van der Waals surface area contributed by atoms with Crippen LogP contribution < -0.4 is 32.3 Å². The molecule has 0 aliphatic carbocycles. The molecule has 11 N–H and O–H groups in total. The minimum Gasteiger partial charge on any atom is -0.481 e. The highest BCUT2D eigenvalue weighted by molar-refractivity contribution is 5.96. The Labute approximate surface area is 285 Å². The lowest BCUT2D eigenvalue weighted by atomic mass is 10.0. The summed E-state index contributed by atoms with van der Waals surface area (Å²) in [5.41, 5.74) is 6.09. The molecule has 0 aliphatic rings. The van der Waals surface area contributed by atoms with Crippen LogP contribution in [0.15, 0.2) is 12.5 Å². The molecule has 0 radical (unpaired) electrons. The van der Waals surface area contributed by atoms with Crippen LogP contribution in [-0.2, 0) is 40.0 Å². The molecule has 1 rings (SSSR count). The predicted octanol–water partition coefficient (Wildman–Crippen LogP) is -1.61. The van der Waals surface area contributed by atoms with Gasteiger partial charge in [0, 0.05) is 18.3 Å². The molecule has 0 spiro atoms. The highest BCUT2D eigenvalue weighted by Crippen LogP contribution is 2.10. The van der Waals surface area contributed by atoms with Crippen molar-refractivity contribution >= 4 is 41.5 Å². The van der Waals surface area contributed by atoms with Gasteiger partial charge in [0.25, 0.3) is 0 Å². The molecule has 0 aromatic carbocycles. The number of carboxylic acid groups (broad SMARTS) is 2. The fraction of sp³-hybridized carbons (Fsp3) is 0.677. The number of aromatic nitrogens is 2. The molecule has 276 valence electrons. The Morgan fingerprint density at radius 1 is 0.673 bits per heavy atom. The van der Waals surface area contributed by atoms with Gasteiger partial charge in [0.15, 0.2) is 0 Å². The van der Waals surface area contributed by atoms with Crippen molar-refractivity contribution in [3.63, 3.8) is 0 Å². The van der Waals surface area contributed by atoms with E-state index in [1.165, 1.54) is 12.5 Å². The summed E-state index contributed by atoms with van der Waals surface area (Å²) in [5.74, 6) is -7.13. The van der Waals surface area contributed by atoms with Crippen molar-refractivity contribution in [1.82, 2.24) is 36.6 Å². The molecule has 0 saturated carbocycles. The molecule has 6 atom stereocenters. The summed E-state index contributed by atoms with van der Waals surface area (Å²) in [6, 6.07) is -7.96. The average molecular weight is 697 g/mol. The second kappa shape index (κ2) is 20.7. The standard InChI is InChI=1S/C31H52N8O10/c1-15(2)7-20(35-26(43)19(32)11-25(41)42)28(45)39-24(13-40)30(47)36-21(8-16(3)4)27(44)37-22(10-18-12-33-14-34-18)29(46)38-23(31(48)49)9-17(5)6/h12,14-17,19-24,40H,7-11,13,32H2,1-6H3,(H,33,34)(H,35,43)(H,36,47)(H,37,44)(H,38,46)(H,39,45)(H,41,42)(H,48,49)/t19-,20-,21-,22-,23-,24-/m0/s1. The maximum absolute atomic E-state index is 13.6. The van der Waals surface area contributed by atoms with Crippen LogP contribution in [0.2, 0.25) is 0 Å². The molecular formula is C31H52N8O10. The second-order valence-corrected chi connectivity index (χ2v) is 13.2. The van der Waals surface area contributed by atoms with Gasteiger partial charge in [0.05, 0.1) is 25.4 Å². The minimum atomic E-state index is -1.56. The number of H-pyrrole nitrogens is 1. The Hall–Kier alpha value is -4.58.